The Morgan fingerprint density at radius 3 is 2.56 bits per heavy atom. The minimum Gasteiger partial charge on any atom is -0.328 e. The fraction of sp³-hybridized carbons (Fsp3) is 0.500. The van der Waals surface area contributed by atoms with Gasteiger partial charge in [0.1, 0.15) is 16.5 Å². The second-order valence-electron chi connectivity index (χ2n) is 4.37. The van der Waals surface area contributed by atoms with Crippen LogP contribution in [0.4, 0.5) is 8.78 Å². The predicted octanol–water partition coefficient (Wildman–Crippen LogP) is 2.26. The average molecular weight is 277 g/mol. The molecular weight excluding hydrogens is 260 g/mol. The van der Waals surface area contributed by atoms with Crippen molar-refractivity contribution in [1.82, 2.24) is 0 Å². The van der Waals surface area contributed by atoms with Gasteiger partial charge in [0, 0.05) is 6.04 Å². The summed E-state index contributed by atoms with van der Waals surface area (Å²) in [5.41, 5.74) is 5.54. The molecule has 0 bridgehead atoms. The van der Waals surface area contributed by atoms with Gasteiger partial charge in [-0.05, 0) is 38.0 Å². The van der Waals surface area contributed by atoms with Crippen molar-refractivity contribution in [2.45, 2.75) is 37.1 Å². The van der Waals surface area contributed by atoms with Gasteiger partial charge in [-0.1, -0.05) is 6.42 Å². The molecule has 2 N–H and O–H groups in total. The van der Waals surface area contributed by atoms with Gasteiger partial charge >= 0.3 is 0 Å². The number of hydrogen-bond donors (Lipinski definition) is 1. The van der Waals surface area contributed by atoms with E-state index in [4.69, 9.17) is 5.73 Å². The molecule has 0 aromatic heterocycles. The lowest BCUT2D eigenvalue weighted by atomic mass is 10.2. The molecule has 1 aromatic rings. The molecule has 0 aliphatic rings. The van der Waals surface area contributed by atoms with Crippen molar-refractivity contribution < 1.29 is 17.2 Å². The van der Waals surface area contributed by atoms with Crippen molar-refractivity contribution in [2.75, 3.05) is 5.75 Å². The summed E-state index contributed by atoms with van der Waals surface area (Å²) in [5, 5.41) is 0. The topological polar surface area (TPSA) is 60.2 Å². The van der Waals surface area contributed by atoms with Crippen molar-refractivity contribution in [3.05, 3.63) is 29.8 Å². The maximum Gasteiger partial charge on any atom is 0.181 e. The molecule has 0 fully saturated rings. The van der Waals surface area contributed by atoms with Crippen LogP contribution >= 0.6 is 0 Å². The number of halogens is 2. The number of hydrogen-bond acceptors (Lipinski definition) is 3. The van der Waals surface area contributed by atoms with Crippen LogP contribution in [0.1, 0.15) is 26.2 Å². The van der Waals surface area contributed by atoms with Crippen LogP contribution in [0.2, 0.25) is 0 Å². The second kappa shape index (κ2) is 6.24. The Hall–Kier alpha value is -1.01. The number of sulfone groups is 1. The smallest absolute Gasteiger partial charge is 0.181 e. The molecule has 0 spiro atoms. The summed E-state index contributed by atoms with van der Waals surface area (Å²) in [6.07, 6.45) is 1.74. The summed E-state index contributed by atoms with van der Waals surface area (Å²) in [6, 6.07) is 2.45. The third-order valence-corrected chi connectivity index (χ3v) is 4.36. The van der Waals surface area contributed by atoms with Crippen LogP contribution in [-0.2, 0) is 9.84 Å². The minimum atomic E-state index is -3.77. The summed E-state index contributed by atoms with van der Waals surface area (Å²) in [4.78, 5) is -0.566. The molecule has 1 aromatic carbocycles. The first-order valence-corrected chi connectivity index (χ1v) is 7.41. The highest BCUT2D eigenvalue weighted by Gasteiger charge is 2.19. The molecule has 0 radical (unpaired) electrons. The van der Waals surface area contributed by atoms with E-state index in [1.807, 2.05) is 6.92 Å². The molecular formula is C12H17F2NO2S. The second-order valence-corrected chi connectivity index (χ2v) is 6.44. The normalized spacial score (nSPS) is 13.6. The van der Waals surface area contributed by atoms with E-state index >= 15 is 0 Å². The lowest BCUT2D eigenvalue weighted by Crippen LogP contribution is -2.15. The number of benzene rings is 1. The van der Waals surface area contributed by atoms with Crippen LogP contribution in [0.15, 0.2) is 23.1 Å². The van der Waals surface area contributed by atoms with E-state index in [1.54, 1.807) is 0 Å². The van der Waals surface area contributed by atoms with E-state index in [0.717, 1.165) is 18.2 Å². The molecule has 0 aliphatic carbocycles. The van der Waals surface area contributed by atoms with Gasteiger partial charge in [0.2, 0.25) is 0 Å². The third kappa shape index (κ3) is 4.34. The Morgan fingerprint density at radius 1 is 1.28 bits per heavy atom. The monoisotopic (exact) mass is 277 g/mol. The summed E-state index contributed by atoms with van der Waals surface area (Å²) in [6.45, 7) is 1.83. The van der Waals surface area contributed by atoms with Gasteiger partial charge in [0.15, 0.2) is 9.84 Å². The van der Waals surface area contributed by atoms with Crippen LogP contribution in [0.25, 0.3) is 0 Å². The Bertz CT molecular complexity index is 501. The van der Waals surface area contributed by atoms with E-state index in [2.05, 4.69) is 0 Å². The first-order valence-electron chi connectivity index (χ1n) is 5.76. The molecule has 0 amide bonds. The molecule has 1 rings (SSSR count). The van der Waals surface area contributed by atoms with Crippen LogP contribution in [0.3, 0.4) is 0 Å². The summed E-state index contributed by atoms with van der Waals surface area (Å²) < 4.78 is 49.9. The Balaban J connectivity index is 2.71. The lowest BCUT2D eigenvalue weighted by Gasteiger charge is -2.07. The molecule has 18 heavy (non-hydrogen) atoms. The molecule has 3 nitrogen and oxygen atoms in total. The zero-order valence-electron chi connectivity index (χ0n) is 10.2. The number of unbranched alkanes of at least 4 members (excludes halogenated alkanes) is 1. The molecule has 102 valence electrons. The molecule has 0 saturated carbocycles. The van der Waals surface area contributed by atoms with Gasteiger partial charge < -0.3 is 5.73 Å². The molecule has 1 unspecified atom stereocenters. The number of nitrogens with two attached hydrogens (primary N) is 1. The summed E-state index contributed by atoms with van der Waals surface area (Å²) in [5.74, 6) is -1.87. The van der Waals surface area contributed by atoms with E-state index < -0.39 is 26.4 Å². The Kier molecular flexibility index (Phi) is 5.22. The predicted molar refractivity (Wildman–Crippen MR) is 65.9 cm³/mol. The van der Waals surface area contributed by atoms with E-state index in [9.17, 15) is 17.2 Å². The lowest BCUT2D eigenvalue weighted by molar-refractivity contribution is 0.548. The minimum absolute atomic E-state index is 0.0126. The zero-order valence-corrected chi connectivity index (χ0v) is 11.0. The molecule has 0 aliphatic heterocycles. The molecule has 6 heteroatoms. The van der Waals surface area contributed by atoms with Gasteiger partial charge in [0.05, 0.1) is 5.75 Å². The van der Waals surface area contributed by atoms with E-state index in [0.29, 0.717) is 19.3 Å². The van der Waals surface area contributed by atoms with Crippen molar-refractivity contribution in [3.8, 4) is 0 Å². The summed E-state index contributed by atoms with van der Waals surface area (Å²) >= 11 is 0. The van der Waals surface area contributed by atoms with Gasteiger partial charge in [-0.3, -0.25) is 0 Å². The average Bonchev–Trinajstić information content (AvgIpc) is 2.27. The highest BCUT2D eigenvalue weighted by Crippen LogP contribution is 2.18. The van der Waals surface area contributed by atoms with Crippen molar-refractivity contribution in [3.63, 3.8) is 0 Å². The largest absolute Gasteiger partial charge is 0.328 e. The zero-order chi connectivity index (χ0) is 13.8. The van der Waals surface area contributed by atoms with Crippen molar-refractivity contribution >= 4 is 9.84 Å². The van der Waals surface area contributed by atoms with Gasteiger partial charge in [0.25, 0.3) is 0 Å². The highest BCUT2D eigenvalue weighted by atomic mass is 32.2. The quantitative estimate of drug-likeness (QED) is 0.811. The molecule has 0 saturated heterocycles. The fourth-order valence-electron chi connectivity index (χ4n) is 1.58. The molecule has 0 heterocycles. The third-order valence-electron chi connectivity index (χ3n) is 2.55. The van der Waals surface area contributed by atoms with Crippen molar-refractivity contribution in [1.29, 1.82) is 0 Å². The fourth-order valence-corrected chi connectivity index (χ4v) is 3.05. The van der Waals surface area contributed by atoms with E-state index in [1.165, 1.54) is 0 Å². The van der Waals surface area contributed by atoms with Gasteiger partial charge in [-0.2, -0.15) is 0 Å². The molecule has 1 atom stereocenters. The van der Waals surface area contributed by atoms with Crippen LogP contribution in [0.5, 0.6) is 0 Å². The summed E-state index contributed by atoms with van der Waals surface area (Å²) in [7, 11) is -3.77. The maximum atomic E-state index is 13.3. The van der Waals surface area contributed by atoms with Crippen LogP contribution < -0.4 is 5.73 Å². The first kappa shape index (κ1) is 15.0. The standard InChI is InChI=1S/C12H17F2NO2S/c1-9(15)4-2-3-7-18(16,17)12-8-10(13)5-6-11(12)14/h5-6,8-9H,2-4,7,15H2,1H3. The SMILES string of the molecule is CC(N)CCCCS(=O)(=O)c1cc(F)ccc1F. The van der Waals surface area contributed by atoms with E-state index in [-0.39, 0.29) is 11.8 Å². The first-order chi connectivity index (χ1) is 8.33. The maximum absolute atomic E-state index is 13.3. The van der Waals surface area contributed by atoms with Crippen molar-refractivity contribution in [2.24, 2.45) is 5.73 Å². The Morgan fingerprint density at radius 2 is 1.94 bits per heavy atom. The van der Waals surface area contributed by atoms with Gasteiger partial charge in [-0.15, -0.1) is 0 Å². The van der Waals surface area contributed by atoms with Gasteiger partial charge in [-0.25, -0.2) is 17.2 Å². The Labute approximate surface area is 106 Å². The number of rotatable bonds is 6. The highest BCUT2D eigenvalue weighted by molar-refractivity contribution is 7.91. The van der Waals surface area contributed by atoms with Crippen LogP contribution in [0, 0.1) is 11.6 Å². The van der Waals surface area contributed by atoms with Crippen LogP contribution in [-0.4, -0.2) is 20.2 Å².